The van der Waals surface area contributed by atoms with E-state index in [0.29, 0.717) is 5.13 Å². The van der Waals surface area contributed by atoms with Crippen LogP contribution in [-0.2, 0) is 5.41 Å². The molecule has 2 amide bonds. The number of nitrogens with zero attached hydrogens (tertiary/aromatic N) is 2. The predicted molar refractivity (Wildman–Crippen MR) is 75.3 cm³/mol. The summed E-state index contributed by atoms with van der Waals surface area (Å²) < 4.78 is 0. The first-order valence-electron chi connectivity index (χ1n) is 6.49. The largest absolute Gasteiger partial charge is 0.324 e. The van der Waals surface area contributed by atoms with Crippen LogP contribution in [0.15, 0.2) is 5.38 Å². The Balaban J connectivity index is 1.96. The Labute approximate surface area is 112 Å². The molecule has 5 heteroatoms. The smallest absolute Gasteiger partial charge is 0.323 e. The molecule has 0 aliphatic carbocycles. The number of carbonyl (C=O) groups excluding carboxylic acids is 1. The zero-order valence-electron chi connectivity index (χ0n) is 11.3. The maximum Gasteiger partial charge on any atom is 0.323 e. The van der Waals surface area contributed by atoms with Crippen LogP contribution in [0.2, 0.25) is 0 Å². The topological polar surface area (TPSA) is 45.2 Å². The molecule has 4 nitrogen and oxygen atoms in total. The Bertz CT molecular complexity index is 416. The Kier molecular flexibility index (Phi) is 3.90. The van der Waals surface area contributed by atoms with Gasteiger partial charge in [0.2, 0.25) is 0 Å². The highest BCUT2D eigenvalue weighted by molar-refractivity contribution is 7.13. The maximum absolute atomic E-state index is 12.0. The van der Waals surface area contributed by atoms with Crippen LogP contribution in [0, 0.1) is 0 Å². The van der Waals surface area contributed by atoms with Gasteiger partial charge in [-0.25, -0.2) is 9.78 Å². The summed E-state index contributed by atoms with van der Waals surface area (Å²) in [5.41, 5.74) is 1.06. The van der Waals surface area contributed by atoms with Crippen LogP contribution in [0.1, 0.15) is 45.7 Å². The fourth-order valence-electron chi connectivity index (χ4n) is 1.94. The monoisotopic (exact) mass is 267 g/mol. The number of hydrogen-bond acceptors (Lipinski definition) is 3. The lowest BCUT2D eigenvalue weighted by atomic mass is 9.93. The SMILES string of the molecule is CC(C)(C)c1csc(NC(=O)N2CCCCC2)n1. The standard InChI is InChI=1S/C13H21N3OS/c1-13(2,3)10-9-18-11(14-10)15-12(17)16-7-5-4-6-8-16/h9H,4-8H2,1-3H3,(H,14,15,17). The molecule has 2 rings (SSSR count). The molecule has 0 radical (unpaired) electrons. The molecule has 1 aliphatic rings. The minimum absolute atomic E-state index is 0.00971. The van der Waals surface area contributed by atoms with Crippen LogP contribution >= 0.6 is 11.3 Å². The summed E-state index contributed by atoms with van der Waals surface area (Å²) in [6.45, 7) is 8.10. The van der Waals surface area contributed by atoms with Gasteiger partial charge in [0.05, 0.1) is 5.69 Å². The second kappa shape index (κ2) is 5.26. The van der Waals surface area contributed by atoms with Gasteiger partial charge in [-0.15, -0.1) is 11.3 Å². The molecule has 1 aromatic heterocycles. The van der Waals surface area contributed by atoms with Gasteiger partial charge in [-0.3, -0.25) is 5.32 Å². The minimum Gasteiger partial charge on any atom is -0.324 e. The van der Waals surface area contributed by atoms with Crippen molar-refractivity contribution in [1.29, 1.82) is 0 Å². The van der Waals surface area contributed by atoms with E-state index in [0.717, 1.165) is 31.6 Å². The molecule has 0 bridgehead atoms. The minimum atomic E-state index is -0.00971. The van der Waals surface area contributed by atoms with Crippen LogP contribution < -0.4 is 5.32 Å². The molecular formula is C13H21N3OS. The molecule has 0 saturated carbocycles. The lowest BCUT2D eigenvalue weighted by Gasteiger charge is -2.26. The molecule has 100 valence electrons. The molecule has 2 heterocycles. The maximum atomic E-state index is 12.0. The van der Waals surface area contributed by atoms with E-state index in [4.69, 9.17) is 0 Å². The van der Waals surface area contributed by atoms with Gasteiger partial charge in [-0.05, 0) is 19.3 Å². The third-order valence-corrected chi connectivity index (χ3v) is 3.89. The molecule has 1 saturated heterocycles. The normalized spacial score (nSPS) is 16.7. The Morgan fingerprint density at radius 3 is 2.56 bits per heavy atom. The van der Waals surface area contributed by atoms with Gasteiger partial charge in [0.15, 0.2) is 5.13 Å². The van der Waals surface area contributed by atoms with E-state index in [9.17, 15) is 4.79 Å². The fraction of sp³-hybridized carbons (Fsp3) is 0.692. The number of urea groups is 1. The van der Waals surface area contributed by atoms with Crippen molar-refractivity contribution in [2.75, 3.05) is 18.4 Å². The summed E-state index contributed by atoms with van der Waals surface area (Å²) in [7, 11) is 0. The molecule has 1 aliphatic heterocycles. The Hall–Kier alpha value is -1.10. The average molecular weight is 267 g/mol. The molecular weight excluding hydrogens is 246 g/mol. The first-order valence-corrected chi connectivity index (χ1v) is 7.37. The molecule has 0 aromatic carbocycles. The van der Waals surface area contributed by atoms with Gasteiger partial charge >= 0.3 is 6.03 Å². The number of thiazole rings is 1. The number of carbonyl (C=O) groups is 1. The van der Waals surface area contributed by atoms with E-state index in [-0.39, 0.29) is 11.4 Å². The van der Waals surface area contributed by atoms with Crippen molar-refractivity contribution >= 4 is 22.5 Å². The number of likely N-dealkylation sites (tertiary alicyclic amines) is 1. The first kappa shape index (κ1) is 13.3. The van der Waals surface area contributed by atoms with Crippen molar-refractivity contribution in [2.45, 2.75) is 45.4 Å². The highest BCUT2D eigenvalue weighted by Gasteiger charge is 2.20. The highest BCUT2D eigenvalue weighted by atomic mass is 32.1. The van der Waals surface area contributed by atoms with Crippen LogP contribution in [-0.4, -0.2) is 29.0 Å². The van der Waals surface area contributed by atoms with Crippen molar-refractivity contribution < 1.29 is 4.79 Å². The molecule has 1 aromatic rings. The zero-order chi connectivity index (χ0) is 13.2. The van der Waals surface area contributed by atoms with E-state index < -0.39 is 0 Å². The van der Waals surface area contributed by atoms with E-state index in [1.807, 2.05) is 10.3 Å². The summed E-state index contributed by atoms with van der Waals surface area (Å²) >= 11 is 1.50. The summed E-state index contributed by atoms with van der Waals surface area (Å²) in [6, 6.07) is -0.00971. The van der Waals surface area contributed by atoms with Gasteiger partial charge < -0.3 is 4.90 Å². The zero-order valence-corrected chi connectivity index (χ0v) is 12.1. The number of anilines is 1. The van der Waals surface area contributed by atoms with Crippen molar-refractivity contribution in [3.63, 3.8) is 0 Å². The number of hydrogen-bond donors (Lipinski definition) is 1. The number of piperidine rings is 1. The third kappa shape index (κ3) is 3.22. The van der Waals surface area contributed by atoms with Crippen LogP contribution in [0.5, 0.6) is 0 Å². The van der Waals surface area contributed by atoms with Gasteiger partial charge in [0, 0.05) is 23.9 Å². The fourth-order valence-corrected chi connectivity index (χ4v) is 2.87. The summed E-state index contributed by atoms with van der Waals surface area (Å²) in [5.74, 6) is 0. The van der Waals surface area contributed by atoms with E-state index in [2.05, 4.69) is 31.1 Å². The van der Waals surface area contributed by atoms with Gasteiger partial charge in [0.1, 0.15) is 0 Å². The molecule has 1 fully saturated rings. The lowest BCUT2D eigenvalue weighted by molar-refractivity contribution is 0.200. The van der Waals surface area contributed by atoms with E-state index >= 15 is 0 Å². The molecule has 0 unspecified atom stereocenters. The second-order valence-electron chi connectivity index (χ2n) is 5.77. The Morgan fingerprint density at radius 2 is 2.00 bits per heavy atom. The molecule has 18 heavy (non-hydrogen) atoms. The summed E-state index contributed by atoms with van der Waals surface area (Å²) in [6.07, 6.45) is 3.45. The predicted octanol–water partition coefficient (Wildman–Crippen LogP) is 3.46. The van der Waals surface area contributed by atoms with Gasteiger partial charge in [0.25, 0.3) is 0 Å². The summed E-state index contributed by atoms with van der Waals surface area (Å²) in [5, 5.41) is 5.62. The third-order valence-electron chi connectivity index (χ3n) is 3.13. The van der Waals surface area contributed by atoms with Crippen molar-refractivity contribution in [3.8, 4) is 0 Å². The number of aromatic nitrogens is 1. The van der Waals surface area contributed by atoms with Crippen molar-refractivity contribution in [3.05, 3.63) is 11.1 Å². The van der Waals surface area contributed by atoms with Crippen LogP contribution in [0.25, 0.3) is 0 Å². The van der Waals surface area contributed by atoms with E-state index in [1.54, 1.807) is 0 Å². The number of rotatable bonds is 1. The van der Waals surface area contributed by atoms with Gasteiger partial charge in [-0.2, -0.15) is 0 Å². The quantitative estimate of drug-likeness (QED) is 0.847. The molecule has 0 atom stereocenters. The second-order valence-corrected chi connectivity index (χ2v) is 6.62. The Morgan fingerprint density at radius 1 is 1.33 bits per heavy atom. The number of nitrogens with one attached hydrogen (secondary N) is 1. The van der Waals surface area contributed by atoms with Crippen molar-refractivity contribution in [2.24, 2.45) is 0 Å². The van der Waals surface area contributed by atoms with Crippen LogP contribution in [0.3, 0.4) is 0 Å². The number of amides is 2. The van der Waals surface area contributed by atoms with Crippen LogP contribution in [0.4, 0.5) is 9.93 Å². The summed E-state index contributed by atoms with van der Waals surface area (Å²) in [4.78, 5) is 18.4. The van der Waals surface area contributed by atoms with Gasteiger partial charge in [-0.1, -0.05) is 20.8 Å². The highest BCUT2D eigenvalue weighted by Crippen LogP contribution is 2.26. The first-order chi connectivity index (χ1) is 8.47. The average Bonchev–Trinajstić information content (AvgIpc) is 2.78. The van der Waals surface area contributed by atoms with E-state index in [1.165, 1.54) is 17.8 Å². The van der Waals surface area contributed by atoms with Crippen molar-refractivity contribution in [1.82, 2.24) is 9.88 Å². The molecule has 1 N–H and O–H groups in total. The lowest BCUT2D eigenvalue weighted by Crippen LogP contribution is -2.38. The molecule has 0 spiro atoms.